The Bertz CT molecular complexity index is 556. The van der Waals surface area contributed by atoms with Crippen molar-refractivity contribution >= 4 is 11.0 Å². The highest BCUT2D eigenvalue weighted by Gasteiger charge is 2.06. The van der Waals surface area contributed by atoms with E-state index in [1.165, 1.54) is 4.57 Å². The molecule has 64 valence electrons. The molecule has 0 aliphatic rings. The summed E-state index contributed by atoms with van der Waals surface area (Å²) in [6.45, 7) is 0. The molecule has 0 spiro atoms. The summed E-state index contributed by atoms with van der Waals surface area (Å²) in [5.41, 5.74) is 1.68. The number of nitrogens with zero attached hydrogens (tertiary/aromatic N) is 2. The Hall–Kier alpha value is -2.02. The number of hydrogen-bond acceptors (Lipinski definition) is 2. The molecule has 0 saturated carbocycles. The second-order valence-corrected chi connectivity index (χ2v) is 2.80. The van der Waals surface area contributed by atoms with Gasteiger partial charge in [-0.3, -0.25) is 4.57 Å². The van der Waals surface area contributed by atoms with Crippen LogP contribution < -0.4 is 5.69 Å². The third kappa shape index (κ3) is 0.942. The summed E-state index contributed by atoms with van der Waals surface area (Å²) < 4.78 is 1.44. The van der Waals surface area contributed by atoms with Crippen LogP contribution in [-0.2, 0) is 7.05 Å². The van der Waals surface area contributed by atoms with Gasteiger partial charge in [0.1, 0.15) is 6.07 Å². The first-order chi connectivity index (χ1) is 6.24. The van der Waals surface area contributed by atoms with E-state index in [4.69, 9.17) is 5.26 Å². The van der Waals surface area contributed by atoms with Crippen molar-refractivity contribution in [3.63, 3.8) is 0 Å². The van der Waals surface area contributed by atoms with Crippen LogP contribution in [0.25, 0.3) is 11.0 Å². The number of aromatic amines is 1. The van der Waals surface area contributed by atoms with Crippen LogP contribution in [0.1, 0.15) is 5.56 Å². The van der Waals surface area contributed by atoms with Gasteiger partial charge >= 0.3 is 5.69 Å². The minimum absolute atomic E-state index is 0.197. The topological polar surface area (TPSA) is 61.6 Å². The van der Waals surface area contributed by atoms with Gasteiger partial charge in [0.15, 0.2) is 0 Å². The molecule has 1 N–H and O–H groups in total. The molecule has 2 aromatic rings. The number of aryl methyl sites for hydroxylation is 1. The summed E-state index contributed by atoms with van der Waals surface area (Å²) in [7, 11) is 1.64. The lowest BCUT2D eigenvalue weighted by molar-refractivity contribution is 0.890. The first-order valence-corrected chi connectivity index (χ1v) is 3.82. The van der Waals surface area contributed by atoms with Crippen LogP contribution in [0.4, 0.5) is 0 Å². The van der Waals surface area contributed by atoms with Crippen LogP contribution in [0.3, 0.4) is 0 Å². The fraction of sp³-hybridized carbons (Fsp3) is 0.111. The Morgan fingerprint density at radius 1 is 1.54 bits per heavy atom. The fourth-order valence-electron chi connectivity index (χ4n) is 1.40. The van der Waals surface area contributed by atoms with E-state index >= 15 is 0 Å². The number of rotatable bonds is 0. The number of para-hydroxylation sites is 1. The van der Waals surface area contributed by atoms with Crippen molar-refractivity contribution in [3.05, 3.63) is 34.2 Å². The van der Waals surface area contributed by atoms with Gasteiger partial charge in [0.05, 0.1) is 16.6 Å². The number of nitrogens with one attached hydrogen (secondary N) is 1. The number of nitriles is 1. The maximum atomic E-state index is 11.2. The zero-order chi connectivity index (χ0) is 9.42. The molecule has 1 heterocycles. The van der Waals surface area contributed by atoms with Crippen LogP contribution in [0.2, 0.25) is 0 Å². The average molecular weight is 173 g/mol. The number of imidazole rings is 1. The maximum absolute atomic E-state index is 11.2. The molecule has 0 aliphatic heterocycles. The van der Waals surface area contributed by atoms with Gasteiger partial charge in [-0.1, -0.05) is 6.07 Å². The number of benzene rings is 1. The van der Waals surface area contributed by atoms with Gasteiger partial charge in [0.2, 0.25) is 0 Å². The van der Waals surface area contributed by atoms with Crippen molar-refractivity contribution in [1.82, 2.24) is 9.55 Å². The van der Waals surface area contributed by atoms with E-state index in [1.54, 1.807) is 25.2 Å². The van der Waals surface area contributed by atoms with E-state index in [1.807, 2.05) is 6.07 Å². The average Bonchev–Trinajstić information content (AvgIpc) is 2.43. The molecule has 0 aliphatic carbocycles. The zero-order valence-electron chi connectivity index (χ0n) is 7.03. The number of fused-ring (bicyclic) bond motifs is 1. The maximum Gasteiger partial charge on any atom is 0.326 e. The SMILES string of the molecule is Cn1c(=O)[nH]c2cccc(C#N)c21. The highest BCUT2D eigenvalue weighted by atomic mass is 16.1. The minimum atomic E-state index is -0.197. The Labute approximate surface area is 74.0 Å². The number of H-pyrrole nitrogens is 1. The van der Waals surface area contributed by atoms with E-state index in [0.29, 0.717) is 16.6 Å². The predicted molar refractivity (Wildman–Crippen MR) is 48.3 cm³/mol. The van der Waals surface area contributed by atoms with E-state index in [2.05, 4.69) is 4.98 Å². The van der Waals surface area contributed by atoms with Gasteiger partial charge in [-0.25, -0.2) is 4.79 Å². The Kier molecular flexibility index (Phi) is 1.46. The summed E-state index contributed by atoms with van der Waals surface area (Å²) in [5, 5.41) is 8.79. The van der Waals surface area contributed by atoms with E-state index in [-0.39, 0.29) is 5.69 Å². The van der Waals surface area contributed by atoms with E-state index in [9.17, 15) is 4.79 Å². The van der Waals surface area contributed by atoms with Crippen molar-refractivity contribution < 1.29 is 0 Å². The predicted octanol–water partition coefficient (Wildman–Crippen LogP) is 0.738. The highest BCUT2D eigenvalue weighted by Crippen LogP contribution is 2.13. The molecule has 1 aromatic heterocycles. The molecule has 13 heavy (non-hydrogen) atoms. The highest BCUT2D eigenvalue weighted by molar-refractivity contribution is 5.81. The van der Waals surface area contributed by atoms with Gasteiger partial charge in [0, 0.05) is 7.05 Å². The van der Waals surface area contributed by atoms with Crippen molar-refractivity contribution in [3.8, 4) is 6.07 Å². The van der Waals surface area contributed by atoms with Crippen molar-refractivity contribution in [2.24, 2.45) is 7.05 Å². The summed E-state index contributed by atoms with van der Waals surface area (Å²) in [6, 6.07) is 7.26. The molecule has 1 aromatic carbocycles. The molecular weight excluding hydrogens is 166 g/mol. The smallest absolute Gasteiger partial charge is 0.306 e. The molecule has 0 bridgehead atoms. The molecule has 4 nitrogen and oxygen atoms in total. The lowest BCUT2D eigenvalue weighted by Gasteiger charge is -1.94. The normalized spacial score (nSPS) is 10.2. The Balaban J connectivity index is 3.06. The second-order valence-electron chi connectivity index (χ2n) is 2.80. The first kappa shape index (κ1) is 7.62. The van der Waals surface area contributed by atoms with Crippen molar-refractivity contribution in [1.29, 1.82) is 5.26 Å². The summed E-state index contributed by atoms with van der Waals surface area (Å²) >= 11 is 0. The standard InChI is InChI=1S/C9H7N3O/c1-12-8-6(5-10)3-2-4-7(8)11-9(12)13/h2-4H,1H3,(H,11,13). The van der Waals surface area contributed by atoms with Gasteiger partial charge in [-0.15, -0.1) is 0 Å². The van der Waals surface area contributed by atoms with E-state index < -0.39 is 0 Å². The van der Waals surface area contributed by atoms with Crippen LogP contribution in [0.5, 0.6) is 0 Å². The monoisotopic (exact) mass is 173 g/mol. The lowest BCUT2D eigenvalue weighted by Crippen LogP contribution is -2.12. The third-order valence-electron chi connectivity index (χ3n) is 2.04. The minimum Gasteiger partial charge on any atom is -0.306 e. The fourth-order valence-corrected chi connectivity index (χ4v) is 1.40. The van der Waals surface area contributed by atoms with Gasteiger partial charge in [0.25, 0.3) is 0 Å². The largest absolute Gasteiger partial charge is 0.326 e. The molecular formula is C9H7N3O. The number of aromatic nitrogens is 2. The van der Waals surface area contributed by atoms with Gasteiger partial charge in [-0.2, -0.15) is 5.26 Å². The Morgan fingerprint density at radius 2 is 2.31 bits per heavy atom. The van der Waals surface area contributed by atoms with Crippen LogP contribution in [-0.4, -0.2) is 9.55 Å². The molecule has 0 radical (unpaired) electrons. The molecule has 2 rings (SSSR count). The zero-order valence-corrected chi connectivity index (χ0v) is 7.03. The van der Waals surface area contributed by atoms with Crippen molar-refractivity contribution in [2.45, 2.75) is 0 Å². The van der Waals surface area contributed by atoms with Crippen molar-refractivity contribution in [2.75, 3.05) is 0 Å². The molecule has 0 saturated heterocycles. The lowest BCUT2D eigenvalue weighted by atomic mass is 10.2. The molecule has 0 fully saturated rings. The molecule has 0 atom stereocenters. The van der Waals surface area contributed by atoms with Crippen LogP contribution in [0.15, 0.2) is 23.0 Å². The van der Waals surface area contributed by atoms with Crippen LogP contribution >= 0.6 is 0 Å². The van der Waals surface area contributed by atoms with Gasteiger partial charge < -0.3 is 4.98 Å². The Morgan fingerprint density at radius 3 is 3.00 bits per heavy atom. The summed E-state index contributed by atoms with van der Waals surface area (Å²) in [6.07, 6.45) is 0. The second kappa shape index (κ2) is 2.49. The first-order valence-electron chi connectivity index (χ1n) is 3.82. The third-order valence-corrected chi connectivity index (χ3v) is 2.04. The summed E-state index contributed by atoms with van der Waals surface area (Å²) in [4.78, 5) is 13.9. The molecule has 0 amide bonds. The quantitative estimate of drug-likeness (QED) is 0.638. The molecule has 4 heteroatoms. The summed E-state index contributed by atoms with van der Waals surface area (Å²) in [5.74, 6) is 0. The van der Waals surface area contributed by atoms with Crippen LogP contribution in [0, 0.1) is 11.3 Å². The number of hydrogen-bond donors (Lipinski definition) is 1. The van der Waals surface area contributed by atoms with Gasteiger partial charge in [-0.05, 0) is 12.1 Å². The van der Waals surface area contributed by atoms with E-state index in [0.717, 1.165) is 0 Å². The molecule has 0 unspecified atom stereocenters.